The molecule has 0 amide bonds. The molecule has 1 heteroatoms. The first-order chi connectivity index (χ1) is 5.17. The quantitative estimate of drug-likeness (QED) is 0.593. The van der Waals surface area contributed by atoms with Gasteiger partial charge in [0.15, 0.2) is 0 Å². The fraction of sp³-hybridized carbons (Fsp3) is 1.00. The van der Waals surface area contributed by atoms with Gasteiger partial charge in [0.1, 0.15) is 0 Å². The van der Waals surface area contributed by atoms with Gasteiger partial charge in [0, 0.05) is 6.04 Å². The molecule has 0 N–H and O–H groups in total. The molecule has 0 heterocycles. The summed E-state index contributed by atoms with van der Waals surface area (Å²) in [6, 6.07) is 0.745. The molecule has 2 atom stereocenters. The molecule has 0 aliphatic heterocycles. The van der Waals surface area contributed by atoms with Crippen molar-refractivity contribution in [2.45, 2.75) is 47.1 Å². The average molecular weight is 157 g/mol. The Labute approximate surface area is 71.8 Å². The summed E-state index contributed by atoms with van der Waals surface area (Å²) >= 11 is 0. The molecule has 11 heavy (non-hydrogen) atoms. The molecule has 0 radical (unpaired) electrons. The summed E-state index contributed by atoms with van der Waals surface area (Å²) in [6.45, 7) is 13.8. The van der Waals surface area contributed by atoms with Gasteiger partial charge in [-0.3, -0.25) is 0 Å². The number of hydrogen-bond donors (Lipinski definition) is 0. The zero-order valence-corrected chi connectivity index (χ0v) is 8.72. The van der Waals surface area contributed by atoms with Crippen molar-refractivity contribution in [2.75, 3.05) is 13.1 Å². The second-order valence-corrected chi connectivity index (χ2v) is 3.35. The lowest BCUT2D eigenvalue weighted by Gasteiger charge is -2.30. The maximum absolute atomic E-state index is 2.52. The lowest BCUT2D eigenvalue weighted by Crippen LogP contribution is -2.37. The van der Waals surface area contributed by atoms with Gasteiger partial charge in [-0.25, -0.2) is 0 Å². The monoisotopic (exact) mass is 157 g/mol. The van der Waals surface area contributed by atoms with Gasteiger partial charge in [0.2, 0.25) is 0 Å². The molecule has 0 bridgehead atoms. The van der Waals surface area contributed by atoms with E-state index in [1.54, 1.807) is 0 Å². The van der Waals surface area contributed by atoms with Gasteiger partial charge in [0.05, 0.1) is 0 Å². The summed E-state index contributed by atoms with van der Waals surface area (Å²) in [5.41, 5.74) is 0. The standard InChI is InChI=1S/C10H23N/c1-6-9(4)10(5)11(7-2)8-3/h9-10H,6-8H2,1-5H3. The van der Waals surface area contributed by atoms with Crippen LogP contribution in [0, 0.1) is 5.92 Å². The molecule has 2 unspecified atom stereocenters. The molecule has 0 fully saturated rings. The van der Waals surface area contributed by atoms with E-state index in [9.17, 15) is 0 Å². The molecule has 0 aromatic rings. The molecule has 0 spiro atoms. The van der Waals surface area contributed by atoms with E-state index in [2.05, 4.69) is 39.5 Å². The highest BCUT2D eigenvalue weighted by Crippen LogP contribution is 2.13. The largest absolute Gasteiger partial charge is 0.301 e. The number of nitrogens with zero attached hydrogens (tertiary/aromatic N) is 1. The minimum atomic E-state index is 0.745. The van der Waals surface area contributed by atoms with Crippen LogP contribution in [0.1, 0.15) is 41.0 Å². The first-order valence-electron chi connectivity index (χ1n) is 4.91. The fourth-order valence-electron chi connectivity index (χ4n) is 1.50. The topological polar surface area (TPSA) is 3.24 Å². The number of rotatable bonds is 5. The minimum Gasteiger partial charge on any atom is -0.301 e. The third-order valence-electron chi connectivity index (χ3n) is 2.86. The molecule has 0 aromatic heterocycles. The highest BCUT2D eigenvalue weighted by molar-refractivity contribution is 4.69. The van der Waals surface area contributed by atoms with Crippen LogP contribution >= 0.6 is 0 Å². The third-order valence-corrected chi connectivity index (χ3v) is 2.86. The maximum atomic E-state index is 2.52. The van der Waals surface area contributed by atoms with Crippen molar-refractivity contribution in [2.24, 2.45) is 5.92 Å². The highest BCUT2D eigenvalue weighted by Gasteiger charge is 2.15. The van der Waals surface area contributed by atoms with Crippen LogP contribution in [0.5, 0.6) is 0 Å². The van der Waals surface area contributed by atoms with E-state index < -0.39 is 0 Å². The van der Waals surface area contributed by atoms with Crippen molar-refractivity contribution in [3.8, 4) is 0 Å². The van der Waals surface area contributed by atoms with Crippen LogP contribution in [-0.2, 0) is 0 Å². The summed E-state index contributed by atoms with van der Waals surface area (Å²) in [5, 5.41) is 0. The Kier molecular flexibility index (Phi) is 5.57. The molecular formula is C10H23N. The number of hydrogen-bond acceptors (Lipinski definition) is 1. The summed E-state index contributed by atoms with van der Waals surface area (Å²) in [5.74, 6) is 0.829. The Morgan fingerprint density at radius 3 is 1.73 bits per heavy atom. The fourth-order valence-corrected chi connectivity index (χ4v) is 1.50. The molecule has 1 nitrogen and oxygen atoms in total. The second-order valence-electron chi connectivity index (χ2n) is 3.35. The molecule has 0 aliphatic carbocycles. The van der Waals surface area contributed by atoms with Crippen LogP contribution in [0.15, 0.2) is 0 Å². The van der Waals surface area contributed by atoms with Crippen LogP contribution in [0.3, 0.4) is 0 Å². The molecule has 0 aromatic carbocycles. The van der Waals surface area contributed by atoms with E-state index in [-0.39, 0.29) is 0 Å². The van der Waals surface area contributed by atoms with E-state index in [0.717, 1.165) is 12.0 Å². The van der Waals surface area contributed by atoms with E-state index >= 15 is 0 Å². The van der Waals surface area contributed by atoms with Crippen molar-refractivity contribution in [3.63, 3.8) is 0 Å². The SMILES string of the molecule is CCC(C)C(C)N(CC)CC. The van der Waals surface area contributed by atoms with Crippen molar-refractivity contribution in [1.82, 2.24) is 4.90 Å². The first-order valence-corrected chi connectivity index (χ1v) is 4.91. The smallest absolute Gasteiger partial charge is 0.00922 e. The Morgan fingerprint density at radius 1 is 1.00 bits per heavy atom. The van der Waals surface area contributed by atoms with Crippen molar-refractivity contribution >= 4 is 0 Å². The molecule has 0 aliphatic rings. The van der Waals surface area contributed by atoms with Gasteiger partial charge in [-0.15, -0.1) is 0 Å². The van der Waals surface area contributed by atoms with E-state index in [1.165, 1.54) is 19.5 Å². The predicted octanol–water partition coefficient (Wildman–Crippen LogP) is 2.76. The van der Waals surface area contributed by atoms with Gasteiger partial charge in [-0.2, -0.15) is 0 Å². The van der Waals surface area contributed by atoms with Gasteiger partial charge < -0.3 is 4.90 Å². The highest BCUT2D eigenvalue weighted by atomic mass is 15.1. The molecule has 68 valence electrons. The summed E-state index contributed by atoms with van der Waals surface area (Å²) < 4.78 is 0. The summed E-state index contributed by atoms with van der Waals surface area (Å²) in [6.07, 6.45) is 1.29. The zero-order valence-electron chi connectivity index (χ0n) is 8.72. The normalized spacial score (nSPS) is 16.9. The minimum absolute atomic E-state index is 0.745. The third kappa shape index (κ3) is 3.24. The average Bonchev–Trinajstić information content (AvgIpc) is 2.05. The second kappa shape index (κ2) is 5.59. The molecule has 0 rings (SSSR count). The Bertz CT molecular complexity index is 86.9. The maximum Gasteiger partial charge on any atom is 0.00922 e. The van der Waals surface area contributed by atoms with Gasteiger partial charge in [0.25, 0.3) is 0 Å². The Hall–Kier alpha value is -0.0400. The molecule has 0 saturated heterocycles. The van der Waals surface area contributed by atoms with Gasteiger partial charge >= 0.3 is 0 Å². The summed E-state index contributed by atoms with van der Waals surface area (Å²) in [4.78, 5) is 2.52. The molecule has 0 saturated carbocycles. The van der Waals surface area contributed by atoms with Crippen LogP contribution in [0.4, 0.5) is 0 Å². The van der Waals surface area contributed by atoms with Gasteiger partial charge in [-0.05, 0) is 25.9 Å². The predicted molar refractivity (Wildman–Crippen MR) is 51.8 cm³/mol. The van der Waals surface area contributed by atoms with E-state index in [4.69, 9.17) is 0 Å². The van der Waals surface area contributed by atoms with Crippen molar-refractivity contribution < 1.29 is 0 Å². The Balaban J connectivity index is 3.86. The van der Waals surface area contributed by atoms with E-state index in [1.807, 2.05) is 0 Å². The van der Waals surface area contributed by atoms with Crippen LogP contribution < -0.4 is 0 Å². The van der Waals surface area contributed by atoms with Crippen molar-refractivity contribution in [1.29, 1.82) is 0 Å². The molecular weight excluding hydrogens is 134 g/mol. The van der Waals surface area contributed by atoms with Crippen molar-refractivity contribution in [3.05, 3.63) is 0 Å². The lowest BCUT2D eigenvalue weighted by atomic mass is 9.99. The van der Waals surface area contributed by atoms with Crippen LogP contribution in [-0.4, -0.2) is 24.0 Å². The van der Waals surface area contributed by atoms with E-state index in [0.29, 0.717) is 0 Å². The summed E-state index contributed by atoms with van der Waals surface area (Å²) in [7, 11) is 0. The first kappa shape index (κ1) is 11.0. The van der Waals surface area contributed by atoms with Crippen LogP contribution in [0.25, 0.3) is 0 Å². The van der Waals surface area contributed by atoms with Gasteiger partial charge in [-0.1, -0.05) is 34.1 Å². The Morgan fingerprint density at radius 2 is 1.45 bits per heavy atom. The zero-order chi connectivity index (χ0) is 8.85. The van der Waals surface area contributed by atoms with Crippen LogP contribution in [0.2, 0.25) is 0 Å². The lowest BCUT2D eigenvalue weighted by molar-refractivity contribution is 0.175.